The van der Waals surface area contributed by atoms with Crippen molar-refractivity contribution >= 4 is 11.9 Å². The average molecular weight is 269 g/mol. The summed E-state index contributed by atoms with van der Waals surface area (Å²) in [5.74, 6) is -1.47. The monoisotopic (exact) mass is 269 g/mol. The number of amides is 1. The van der Waals surface area contributed by atoms with Crippen LogP contribution >= 0.6 is 0 Å². The van der Waals surface area contributed by atoms with Crippen molar-refractivity contribution in [1.29, 1.82) is 0 Å². The minimum atomic E-state index is -1.43. The number of aryl methyl sites for hydroxylation is 3. The molecular weight excluding hydrogens is 250 g/mol. The van der Waals surface area contributed by atoms with Crippen LogP contribution in [0.3, 0.4) is 0 Å². The molecule has 0 aliphatic heterocycles. The molecule has 0 aliphatic rings. The van der Waals surface area contributed by atoms with Crippen LogP contribution < -0.4 is 5.32 Å². The lowest BCUT2D eigenvalue weighted by Crippen LogP contribution is -2.30. The van der Waals surface area contributed by atoms with Crippen LogP contribution in [0, 0.1) is 13.8 Å². The zero-order valence-electron chi connectivity index (χ0n) is 11.1. The van der Waals surface area contributed by atoms with Crippen molar-refractivity contribution in [2.75, 3.05) is 6.54 Å². The topological polar surface area (TPSA) is 104 Å². The number of rotatable bonds is 7. The first-order valence-electron chi connectivity index (χ1n) is 6.08. The zero-order chi connectivity index (χ0) is 14.4. The highest BCUT2D eigenvalue weighted by Gasteiger charge is 2.13. The number of carboxylic acid groups (broad SMARTS) is 1. The number of carbonyl (C=O) groups excluding carboxylic acids is 1. The molecule has 0 spiro atoms. The summed E-state index contributed by atoms with van der Waals surface area (Å²) in [6.07, 6.45) is -1.16. The van der Waals surface area contributed by atoms with E-state index in [-0.39, 0.29) is 25.3 Å². The van der Waals surface area contributed by atoms with Crippen LogP contribution in [0.4, 0.5) is 0 Å². The molecule has 0 aliphatic carbocycles. The molecule has 0 saturated carbocycles. The number of carboxylic acids is 1. The van der Waals surface area contributed by atoms with Gasteiger partial charge in [0.15, 0.2) is 6.10 Å². The zero-order valence-corrected chi connectivity index (χ0v) is 11.1. The summed E-state index contributed by atoms with van der Waals surface area (Å²) in [6.45, 7) is 4.42. The van der Waals surface area contributed by atoms with E-state index in [9.17, 15) is 9.59 Å². The van der Waals surface area contributed by atoms with Gasteiger partial charge >= 0.3 is 5.97 Å². The maximum absolute atomic E-state index is 11.5. The Labute approximate surface area is 111 Å². The summed E-state index contributed by atoms with van der Waals surface area (Å²) in [6, 6.07) is 1.93. The van der Waals surface area contributed by atoms with Gasteiger partial charge < -0.3 is 15.5 Å². The Bertz CT molecular complexity index is 456. The predicted octanol–water partition coefficient (Wildman–Crippen LogP) is -0.158. The second-order valence-corrected chi connectivity index (χ2v) is 4.39. The summed E-state index contributed by atoms with van der Waals surface area (Å²) in [5.41, 5.74) is 1.90. The SMILES string of the molecule is Cc1cc(C)n(CCC(=O)NCC[C@H](O)C(=O)O)n1. The maximum atomic E-state index is 11.5. The Kier molecular flexibility index (Phi) is 5.50. The third-order valence-corrected chi connectivity index (χ3v) is 2.68. The molecule has 1 aromatic heterocycles. The average Bonchev–Trinajstić information content (AvgIpc) is 2.65. The van der Waals surface area contributed by atoms with Gasteiger partial charge in [0.05, 0.1) is 5.69 Å². The molecular formula is C12H19N3O4. The van der Waals surface area contributed by atoms with Crippen LogP contribution in [-0.2, 0) is 16.1 Å². The highest BCUT2D eigenvalue weighted by Crippen LogP contribution is 2.02. The van der Waals surface area contributed by atoms with E-state index < -0.39 is 12.1 Å². The van der Waals surface area contributed by atoms with E-state index in [0.717, 1.165) is 11.4 Å². The van der Waals surface area contributed by atoms with E-state index >= 15 is 0 Å². The van der Waals surface area contributed by atoms with Gasteiger partial charge in [-0.1, -0.05) is 0 Å². The van der Waals surface area contributed by atoms with Gasteiger partial charge in [-0.25, -0.2) is 4.79 Å². The Morgan fingerprint density at radius 3 is 2.68 bits per heavy atom. The van der Waals surface area contributed by atoms with E-state index in [1.807, 2.05) is 19.9 Å². The molecule has 1 amide bonds. The molecule has 0 bridgehead atoms. The molecule has 1 rings (SSSR count). The molecule has 106 valence electrons. The highest BCUT2D eigenvalue weighted by molar-refractivity contribution is 5.76. The first kappa shape index (κ1) is 15.2. The van der Waals surface area contributed by atoms with Gasteiger partial charge in [0, 0.05) is 31.6 Å². The van der Waals surface area contributed by atoms with Crippen LogP contribution in [0.25, 0.3) is 0 Å². The largest absolute Gasteiger partial charge is 0.479 e. The van der Waals surface area contributed by atoms with E-state index in [0.29, 0.717) is 6.54 Å². The van der Waals surface area contributed by atoms with Crippen molar-refractivity contribution in [3.8, 4) is 0 Å². The standard InChI is InChI=1S/C12H19N3O4/c1-8-7-9(2)15(14-8)6-4-11(17)13-5-3-10(16)12(18)19/h7,10,16H,3-6H2,1-2H3,(H,13,17)(H,18,19)/t10-/m0/s1. The van der Waals surface area contributed by atoms with Crippen LogP contribution in [0.1, 0.15) is 24.2 Å². The van der Waals surface area contributed by atoms with E-state index in [1.54, 1.807) is 4.68 Å². The van der Waals surface area contributed by atoms with Crippen molar-refractivity contribution in [3.63, 3.8) is 0 Å². The van der Waals surface area contributed by atoms with Gasteiger partial charge in [-0.05, 0) is 19.9 Å². The first-order valence-corrected chi connectivity index (χ1v) is 6.08. The predicted molar refractivity (Wildman–Crippen MR) is 67.6 cm³/mol. The third-order valence-electron chi connectivity index (χ3n) is 2.68. The van der Waals surface area contributed by atoms with Crippen molar-refractivity contribution in [2.45, 2.75) is 39.3 Å². The number of aliphatic carboxylic acids is 1. The molecule has 0 aromatic carbocycles. The number of nitrogens with zero attached hydrogens (tertiary/aromatic N) is 2. The number of aliphatic hydroxyl groups is 1. The summed E-state index contributed by atoms with van der Waals surface area (Å²) >= 11 is 0. The van der Waals surface area contributed by atoms with Crippen LogP contribution in [0.15, 0.2) is 6.07 Å². The van der Waals surface area contributed by atoms with Crippen molar-refractivity contribution in [3.05, 3.63) is 17.5 Å². The molecule has 0 radical (unpaired) electrons. The first-order chi connectivity index (χ1) is 8.90. The fourth-order valence-corrected chi connectivity index (χ4v) is 1.67. The smallest absolute Gasteiger partial charge is 0.332 e. The number of hydrogen-bond acceptors (Lipinski definition) is 4. The molecule has 1 aromatic rings. The van der Waals surface area contributed by atoms with Crippen molar-refractivity contribution < 1.29 is 19.8 Å². The number of aliphatic hydroxyl groups excluding tert-OH is 1. The Morgan fingerprint density at radius 1 is 1.47 bits per heavy atom. The molecule has 0 unspecified atom stereocenters. The normalized spacial score (nSPS) is 12.2. The summed E-state index contributed by atoms with van der Waals surface area (Å²) < 4.78 is 1.75. The molecule has 7 nitrogen and oxygen atoms in total. The van der Waals surface area contributed by atoms with Crippen LogP contribution in [0.5, 0.6) is 0 Å². The lowest BCUT2D eigenvalue weighted by atomic mass is 10.2. The van der Waals surface area contributed by atoms with Gasteiger partial charge in [-0.15, -0.1) is 0 Å². The van der Waals surface area contributed by atoms with Crippen LogP contribution in [0.2, 0.25) is 0 Å². The van der Waals surface area contributed by atoms with E-state index in [2.05, 4.69) is 10.4 Å². The minimum absolute atomic E-state index is 0.000971. The minimum Gasteiger partial charge on any atom is -0.479 e. The molecule has 19 heavy (non-hydrogen) atoms. The van der Waals surface area contributed by atoms with Gasteiger partial charge in [-0.2, -0.15) is 5.10 Å². The Hall–Kier alpha value is -1.89. The van der Waals surface area contributed by atoms with Crippen molar-refractivity contribution in [2.24, 2.45) is 0 Å². The number of nitrogens with one attached hydrogen (secondary N) is 1. The lowest BCUT2D eigenvalue weighted by Gasteiger charge is -2.08. The van der Waals surface area contributed by atoms with E-state index in [1.165, 1.54) is 0 Å². The molecule has 0 fully saturated rings. The van der Waals surface area contributed by atoms with Gasteiger partial charge in [0.1, 0.15) is 0 Å². The Morgan fingerprint density at radius 2 is 2.16 bits per heavy atom. The molecule has 0 saturated heterocycles. The summed E-state index contributed by atoms with van der Waals surface area (Å²) in [4.78, 5) is 21.9. The molecule has 1 heterocycles. The van der Waals surface area contributed by atoms with Gasteiger partial charge in [0.25, 0.3) is 0 Å². The van der Waals surface area contributed by atoms with E-state index in [4.69, 9.17) is 10.2 Å². The fourth-order valence-electron chi connectivity index (χ4n) is 1.67. The lowest BCUT2D eigenvalue weighted by molar-refractivity contribution is -0.147. The van der Waals surface area contributed by atoms with Crippen LogP contribution in [-0.4, -0.2) is 44.5 Å². The van der Waals surface area contributed by atoms with Gasteiger partial charge in [0.2, 0.25) is 5.91 Å². The Balaban J connectivity index is 2.25. The molecule has 3 N–H and O–H groups in total. The number of carbonyl (C=O) groups is 2. The molecule has 7 heteroatoms. The fraction of sp³-hybridized carbons (Fsp3) is 0.583. The maximum Gasteiger partial charge on any atom is 0.332 e. The number of aromatic nitrogens is 2. The summed E-state index contributed by atoms with van der Waals surface area (Å²) in [5, 5.41) is 24.3. The summed E-state index contributed by atoms with van der Waals surface area (Å²) in [7, 11) is 0. The third kappa shape index (κ3) is 5.09. The quantitative estimate of drug-likeness (QED) is 0.638. The number of hydrogen-bond donors (Lipinski definition) is 3. The highest BCUT2D eigenvalue weighted by atomic mass is 16.4. The second-order valence-electron chi connectivity index (χ2n) is 4.39. The van der Waals surface area contributed by atoms with Crippen molar-refractivity contribution in [1.82, 2.24) is 15.1 Å². The molecule has 1 atom stereocenters. The second kappa shape index (κ2) is 6.89. The van der Waals surface area contributed by atoms with Gasteiger partial charge in [-0.3, -0.25) is 9.48 Å².